The molecule has 13 rings (SSSR count). The molecule has 0 fully saturated rings. The monoisotopic (exact) mass is 788 g/mol. The fourth-order valence-electron chi connectivity index (χ4n) is 10.7. The van der Waals surface area contributed by atoms with E-state index in [2.05, 4.69) is 190 Å². The maximum atomic E-state index is 6.53. The van der Waals surface area contributed by atoms with Gasteiger partial charge in [-0.2, -0.15) is 0 Å². The van der Waals surface area contributed by atoms with Crippen molar-refractivity contribution in [3.8, 4) is 27.9 Å². The van der Waals surface area contributed by atoms with Crippen LogP contribution >= 0.6 is 11.3 Å². The first-order valence-electron chi connectivity index (χ1n) is 21.1. The normalized spacial score (nSPS) is 14.0. The van der Waals surface area contributed by atoms with E-state index in [0.717, 1.165) is 40.6 Å². The minimum Gasteiger partial charge on any atom is -0.456 e. The summed E-state index contributed by atoms with van der Waals surface area (Å²) in [5.74, 6) is 0. The highest BCUT2D eigenvalue weighted by Gasteiger charge is 2.37. The second-order valence-corrected chi connectivity index (χ2v) is 19.7. The summed E-state index contributed by atoms with van der Waals surface area (Å²) < 4.78 is 11.8. The first kappa shape index (κ1) is 34.3. The van der Waals surface area contributed by atoms with E-state index in [1.165, 1.54) is 97.5 Å². The van der Waals surface area contributed by atoms with Crippen LogP contribution in [0.4, 0.5) is 11.4 Å². The summed E-state index contributed by atoms with van der Waals surface area (Å²) >= 11 is 1.90. The number of nitrogens with one attached hydrogen (secondary N) is 1. The van der Waals surface area contributed by atoms with Gasteiger partial charge >= 0.3 is 0 Å². The van der Waals surface area contributed by atoms with Crippen LogP contribution in [-0.4, -0.2) is 11.8 Å². The van der Waals surface area contributed by atoms with Gasteiger partial charge in [-0.3, -0.25) is 0 Å². The summed E-state index contributed by atoms with van der Waals surface area (Å²) in [6.07, 6.45) is 0. The molecule has 0 unspecified atom stereocenters. The number of thiophene rings is 1. The van der Waals surface area contributed by atoms with Crippen LogP contribution in [0.1, 0.15) is 51.3 Å². The average molecular weight is 789 g/mol. The molecule has 0 bridgehead atoms. The predicted molar refractivity (Wildman–Crippen MR) is 259 cm³/mol. The summed E-state index contributed by atoms with van der Waals surface area (Å²) in [5, 5.41) is 11.4. The highest BCUT2D eigenvalue weighted by Crippen LogP contribution is 2.51. The van der Waals surface area contributed by atoms with E-state index < -0.39 is 0 Å². The molecular weight excluding hydrogens is 747 g/mol. The van der Waals surface area contributed by atoms with E-state index in [0.29, 0.717) is 0 Å². The number of hydrogen-bond donors (Lipinski definition) is 1. The molecule has 0 spiro atoms. The Hall–Kier alpha value is -6.56. The maximum Gasteiger partial charge on any atom is 0.198 e. The highest BCUT2D eigenvalue weighted by atomic mass is 32.1. The zero-order valence-electron chi connectivity index (χ0n) is 34.3. The number of hydrogen-bond acceptors (Lipinski definition) is 3. The van der Waals surface area contributed by atoms with Crippen molar-refractivity contribution in [2.45, 2.75) is 45.4 Å². The number of fused-ring (bicyclic) bond motifs is 14. The van der Waals surface area contributed by atoms with E-state index >= 15 is 0 Å². The first-order chi connectivity index (χ1) is 29.1. The van der Waals surface area contributed by atoms with Crippen molar-refractivity contribution in [3.63, 3.8) is 0 Å². The number of furan rings is 1. The molecule has 1 aliphatic carbocycles. The van der Waals surface area contributed by atoms with Gasteiger partial charge in [0.1, 0.15) is 11.2 Å². The lowest BCUT2D eigenvalue weighted by molar-refractivity contribution is 0.590. The van der Waals surface area contributed by atoms with E-state index in [9.17, 15) is 0 Å². The third-order valence-electron chi connectivity index (χ3n) is 13.8. The zero-order chi connectivity index (χ0) is 40.2. The van der Waals surface area contributed by atoms with Crippen LogP contribution in [0, 0.1) is 0 Å². The van der Waals surface area contributed by atoms with Crippen LogP contribution in [0.2, 0.25) is 0 Å². The quantitative estimate of drug-likeness (QED) is 0.181. The zero-order valence-corrected chi connectivity index (χ0v) is 35.1. The lowest BCUT2D eigenvalue weighted by atomic mass is 9.59. The Bertz CT molecular complexity index is 3670. The van der Waals surface area contributed by atoms with Gasteiger partial charge in [0.05, 0.1) is 11.2 Å². The SMILES string of the molecule is CC(C)(C)c1ccc(Nc2cc3oc4ccccc4c3cc2-c2ccc3c4cc5c(cc4n4c3c2Bc2cc3sc6ccccc6c3cc2-4)-c2ccccc2C5(C)C)cc1. The van der Waals surface area contributed by atoms with Crippen LogP contribution < -0.4 is 16.2 Å². The summed E-state index contributed by atoms with van der Waals surface area (Å²) in [4.78, 5) is 0. The van der Waals surface area contributed by atoms with Crippen molar-refractivity contribution in [1.82, 2.24) is 4.57 Å². The smallest absolute Gasteiger partial charge is 0.198 e. The Balaban J connectivity index is 1.12. The van der Waals surface area contributed by atoms with E-state index in [1.807, 2.05) is 11.3 Å². The molecule has 8 aromatic carbocycles. The molecule has 0 saturated carbocycles. The molecule has 2 aliphatic rings. The van der Waals surface area contributed by atoms with Crippen LogP contribution in [0.15, 0.2) is 150 Å². The molecule has 60 heavy (non-hydrogen) atoms. The highest BCUT2D eigenvalue weighted by molar-refractivity contribution is 7.26. The minimum atomic E-state index is -0.0917. The Kier molecular flexibility index (Phi) is 6.75. The fourth-order valence-corrected chi connectivity index (χ4v) is 11.8. The molecule has 0 radical (unpaired) electrons. The van der Waals surface area contributed by atoms with Gasteiger partial charge in [0.2, 0.25) is 0 Å². The predicted octanol–water partition coefficient (Wildman–Crippen LogP) is 13.8. The number of para-hydroxylation sites is 1. The maximum absolute atomic E-state index is 6.53. The van der Waals surface area contributed by atoms with Crippen molar-refractivity contribution >= 4 is 105 Å². The van der Waals surface area contributed by atoms with Gasteiger partial charge in [-0.15, -0.1) is 11.3 Å². The van der Waals surface area contributed by atoms with Gasteiger partial charge in [-0.25, -0.2) is 0 Å². The Morgan fingerprint density at radius 3 is 2.22 bits per heavy atom. The number of aromatic nitrogens is 1. The van der Waals surface area contributed by atoms with Gasteiger partial charge in [0.15, 0.2) is 7.28 Å². The molecule has 11 aromatic rings. The van der Waals surface area contributed by atoms with Crippen molar-refractivity contribution in [2.24, 2.45) is 0 Å². The molecule has 0 saturated heterocycles. The lowest BCUT2D eigenvalue weighted by Gasteiger charge is -2.24. The average Bonchev–Trinajstić information content (AvgIpc) is 3.96. The van der Waals surface area contributed by atoms with Gasteiger partial charge in [0, 0.05) is 75.7 Å². The third kappa shape index (κ3) is 4.67. The van der Waals surface area contributed by atoms with E-state index in [-0.39, 0.29) is 10.8 Å². The van der Waals surface area contributed by atoms with Crippen molar-refractivity contribution in [3.05, 3.63) is 162 Å². The topological polar surface area (TPSA) is 30.1 Å². The van der Waals surface area contributed by atoms with Gasteiger partial charge in [0.25, 0.3) is 0 Å². The molecule has 0 amide bonds. The van der Waals surface area contributed by atoms with Crippen LogP contribution in [0.25, 0.3) is 91.9 Å². The van der Waals surface area contributed by atoms with Gasteiger partial charge in [-0.05, 0) is 98.9 Å². The van der Waals surface area contributed by atoms with Crippen LogP contribution in [0.3, 0.4) is 0 Å². The van der Waals surface area contributed by atoms with Crippen molar-refractivity contribution in [1.29, 1.82) is 0 Å². The summed E-state index contributed by atoms with van der Waals surface area (Å²) in [7, 11) is 0.834. The summed E-state index contributed by atoms with van der Waals surface area (Å²) in [5.41, 5.74) is 19.7. The molecule has 4 heterocycles. The molecule has 5 heteroatoms. The molecule has 3 nitrogen and oxygen atoms in total. The van der Waals surface area contributed by atoms with Crippen molar-refractivity contribution < 1.29 is 4.42 Å². The van der Waals surface area contributed by atoms with Crippen molar-refractivity contribution in [2.75, 3.05) is 5.32 Å². The number of benzene rings is 8. The van der Waals surface area contributed by atoms with E-state index in [4.69, 9.17) is 4.42 Å². The largest absolute Gasteiger partial charge is 0.456 e. The van der Waals surface area contributed by atoms with Gasteiger partial charge in [-0.1, -0.05) is 125 Å². The molecule has 1 N–H and O–H groups in total. The number of rotatable bonds is 3. The Labute approximate surface area is 353 Å². The third-order valence-corrected chi connectivity index (χ3v) is 14.9. The minimum absolute atomic E-state index is 0.0738. The Morgan fingerprint density at radius 1 is 0.583 bits per heavy atom. The Morgan fingerprint density at radius 2 is 1.37 bits per heavy atom. The second kappa shape index (κ2) is 11.8. The summed E-state index contributed by atoms with van der Waals surface area (Å²) in [6.45, 7) is 11.6. The molecule has 1 aliphatic heterocycles. The molecular formula is C55H41BN2OS. The van der Waals surface area contributed by atoms with Crippen LogP contribution in [0.5, 0.6) is 0 Å². The first-order valence-corrected chi connectivity index (χ1v) is 21.9. The van der Waals surface area contributed by atoms with Crippen LogP contribution in [-0.2, 0) is 10.8 Å². The standard InChI is InChI=1S/C55H41BN2OS/c1-54(2,3)30-18-20-31(21-19-30)57-45-29-49-40(33-13-7-10-16-48(33)59-49)24-38(45)35-22-23-36-39-25-43-37(32-12-6-9-15-42(32)55(43,4)5)26-46(39)58-47-27-41-34-14-8-11-17-50(34)60-51(41)28-44(47)56-52(35)53(36)58/h6-29,56-57H,1-5H3. The summed E-state index contributed by atoms with van der Waals surface area (Å²) in [6, 6.07) is 54.6. The number of nitrogens with zero attached hydrogens (tertiary/aromatic N) is 1. The number of anilines is 2. The second-order valence-electron chi connectivity index (χ2n) is 18.6. The molecule has 286 valence electrons. The fraction of sp³-hybridized carbons (Fsp3) is 0.127. The van der Waals surface area contributed by atoms with Gasteiger partial charge < -0.3 is 14.3 Å². The van der Waals surface area contributed by atoms with E-state index in [1.54, 1.807) is 0 Å². The molecule has 0 atom stereocenters. The lowest BCUT2D eigenvalue weighted by Crippen LogP contribution is -2.37. The molecule has 3 aromatic heterocycles.